The van der Waals surface area contributed by atoms with Gasteiger partial charge in [-0.05, 0) is 30.3 Å². The fourth-order valence-electron chi connectivity index (χ4n) is 2.17. The lowest BCUT2D eigenvalue weighted by Gasteiger charge is -2.26. The van der Waals surface area contributed by atoms with E-state index in [0.29, 0.717) is 0 Å². The van der Waals surface area contributed by atoms with Crippen LogP contribution in [0.3, 0.4) is 0 Å². The van der Waals surface area contributed by atoms with E-state index in [4.69, 9.17) is 18.9 Å². The van der Waals surface area contributed by atoms with E-state index in [1.807, 2.05) is 6.07 Å². The van der Waals surface area contributed by atoms with Crippen molar-refractivity contribution in [3.8, 4) is 17.6 Å². The van der Waals surface area contributed by atoms with E-state index in [0.717, 1.165) is 10.5 Å². The summed E-state index contributed by atoms with van der Waals surface area (Å²) in [6.45, 7) is -0.387. The monoisotopic (exact) mass is 427 g/mol. The smallest absolute Gasteiger partial charge is 0.297 e. The Labute approximate surface area is 152 Å². The van der Waals surface area contributed by atoms with E-state index in [-0.39, 0.29) is 35.2 Å². The second-order valence-electron chi connectivity index (χ2n) is 5.14. The van der Waals surface area contributed by atoms with Crippen molar-refractivity contribution in [2.45, 2.75) is 11.0 Å². The van der Waals surface area contributed by atoms with Crippen LogP contribution in [0.4, 0.5) is 4.39 Å². The fourth-order valence-corrected chi connectivity index (χ4v) is 3.37. The van der Waals surface area contributed by atoms with Crippen molar-refractivity contribution in [2.24, 2.45) is 0 Å². The first-order valence-corrected chi connectivity index (χ1v) is 9.27. The van der Waals surface area contributed by atoms with Gasteiger partial charge in [0.2, 0.25) is 0 Å². The van der Waals surface area contributed by atoms with Crippen molar-refractivity contribution < 1.29 is 26.5 Å². The van der Waals surface area contributed by atoms with Crippen LogP contribution >= 0.6 is 15.9 Å². The molecule has 1 aliphatic rings. The van der Waals surface area contributed by atoms with Crippen molar-refractivity contribution in [2.75, 3.05) is 13.2 Å². The van der Waals surface area contributed by atoms with Crippen LogP contribution in [-0.4, -0.2) is 27.7 Å². The third-order valence-electron chi connectivity index (χ3n) is 3.36. The molecule has 6 nitrogen and oxygen atoms in total. The first-order chi connectivity index (χ1) is 11.9. The molecule has 1 atom stereocenters. The Morgan fingerprint density at radius 2 is 2.04 bits per heavy atom. The van der Waals surface area contributed by atoms with Crippen molar-refractivity contribution in [1.82, 2.24) is 0 Å². The van der Waals surface area contributed by atoms with Gasteiger partial charge in [0.05, 0.1) is 16.5 Å². The summed E-state index contributed by atoms with van der Waals surface area (Å²) in [7, 11) is -3.96. The van der Waals surface area contributed by atoms with Gasteiger partial charge in [-0.2, -0.15) is 13.7 Å². The maximum absolute atomic E-state index is 13.8. The first-order valence-electron chi connectivity index (χ1n) is 7.07. The van der Waals surface area contributed by atoms with Crippen LogP contribution in [0.5, 0.6) is 11.5 Å². The van der Waals surface area contributed by atoms with Crippen LogP contribution in [0.1, 0.15) is 5.56 Å². The largest absolute Gasteiger partial charge is 0.483 e. The Kier molecular flexibility index (Phi) is 4.94. The average molecular weight is 428 g/mol. The molecule has 9 heteroatoms. The molecule has 1 heterocycles. The molecule has 0 radical (unpaired) electrons. The Bertz CT molecular complexity index is 940. The molecule has 0 saturated heterocycles. The lowest BCUT2D eigenvalue weighted by Crippen LogP contribution is -2.34. The van der Waals surface area contributed by atoms with Gasteiger partial charge in [-0.3, -0.25) is 4.18 Å². The third-order valence-corrected chi connectivity index (χ3v) is 5.18. The topological polar surface area (TPSA) is 85.6 Å². The highest BCUT2D eigenvalue weighted by Crippen LogP contribution is 2.35. The molecule has 0 spiro atoms. The van der Waals surface area contributed by atoms with Gasteiger partial charge in [0.1, 0.15) is 13.2 Å². The molecule has 0 fully saturated rings. The second-order valence-corrected chi connectivity index (χ2v) is 7.67. The van der Waals surface area contributed by atoms with Crippen LogP contribution in [0, 0.1) is 17.1 Å². The van der Waals surface area contributed by atoms with E-state index in [1.165, 1.54) is 18.2 Å². The second kappa shape index (κ2) is 7.00. The number of nitrogens with zero attached hydrogens (tertiary/aromatic N) is 1. The highest BCUT2D eigenvalue weighted by molar-refractivity contribution is 9.10. The van der Waals surface area contributed by atoms with Gasteiger partial charge in [-0.15, -0.1) is 0 Å². The zero-order valence-corrected chi connectivity index (χ0v) is 15.0. The maximum Gasteiger partial charge on any atom is 0.297 e. The van der Waals surface area contributed by atoms with Crippen molar-refractivity contribution >= 4 is 26.0 Å². The van der Waals surface area contributed by atoms with Gasteiger partial charge < -0.3 is 9.47 Å². The van der Waals surface area contributed by atoms with Crippen LogP contribution in [0.25, 0.3) is 0 Å². The van der Waals surface area contributed by atoms with Gasteiger partial charge in [0.15, 0.2) is 23.4 Å². The number of halogens is 2. The number of hydrogen-bond acceptors (Lipinski definition) is 6. The highest BCUT2D eigenvalue weighted by Gasteiger charge is 2.27. The highest BCUT2D eigenvalue weighted by atomic mass is 79.9. The predicted molar refractivity (Wildman–Crippen MR) is 88.3 cm³/mol. The molecular formula is C16H11BrFNO5S. The molecule has 1 aliphatic heterocycles. The van der Waals surface area contributed by atoms with E-state index >= 15 is 0 Å². The van der Waals surface area contributed by atoms with E-state index in [2.05, 4.69) is 15.9 Å². The molecule has 130 valence electrons. The van der Waals surface area contributed by atoms with Crippen molar-refractivity contribution in [1.29, 1.82) is 5.26 Å². The summed E-state index contributed by atoms with van der Waals surface area (Å²) < 4.78 is 54.6. The number of benzene rings is 2. The quantitative estimate of drug-likeness (QED) is 0.697. The molecule has 0 bridgehead atoms. The Morgan fingerprint density at radius 1 is 1.32 bits per heavy atom. The lowest BCUT2D eigenvalue weighted by molar-refractivity contribution is 0.0524. The molecule has 2 aromatic carbocycles. The van der Waals surface area contributed by atoms with Crippen LogP contribution in [0.2, 0.25) is 0 Å². The van der Waals surface area contributed by atoms with Gasteiger partial charge in [-0.1, -0.05) is 15.9 Å². The number of rotatable bonds is 4. The maximum atomic E-state index is 13.8. The van der Waals surface area contributed by atoms with Crippen LogP contribution in [0.15, 0.2) is 45.8 Å². The van der Waals surface area contributed by atoms with Gasteiger partial charge in [-0.25, -0.2) is 4.39 Å². The molecule has 0 aromatic heterocycles. The summed E-state index contributed by atoms with van der Waals surface area (Å²) in [6, 6.07) is 10.1. The Morgan fingerprint density at radius 3 is 2.72 bits per heavy atom. The van der Waals surface area contributed by atoms with E-state index < -0.39 is 22.0 Å². The average Bonchev–Trinajstić information content (AvgIpc) is 2.60. The molecule has 1 unspecified atom stereocenters. The number of nitriles is 1. The standard InChI is InChI=1S/C16H11BrFNO5S/c17-11-1-3-13(4-2-11)25(20,21)23-9-12-8-22-16-14(18)5-10(7-19)6-15(16)24-12/h1-6,12H,8-9H2. The van der Waals surface area contributed by atoms with Crippen molar-refractivity contribution in [3.05, 3.63) is 52.3 Å². The third kappa shape index (κ3) is 3.92. The van der Waals surface area contributed by atoms with Crippen molar-refractivity contribution in [3.63, 3.8) is 0 Å². The fraction of sp³-hybridized carbons (Fsp3) is 0.188. The van der Waals surface area contributed by atoms with Crippen LogP contribution < -0.4 is 9.47 Å². The lowest BCUT2D eigenvalue weighted by atomic mass is 10.2. The Balaban J connectivity index is 1.70. The summed E-state index contributed by atoms with van der Waals surface area (Å²) in [4.78, 5) is 0.00522. The Hall–Kier alpha value is -2.15. The SMILES string of the molecule is N#Cc1cc(F)c2c(c1)OC(COS(=O)(=O)c1ccc(Br)cc1)CO2. The molecule has 0 amide bonds. The first kappa shape index (κ1) is 17.7. The van der Waals surface area contributed by atoms with Crippen LogP contribution in [-0.2, 0) is 14.3 Å². The minimum atomic E-state index is -3.96. The summed E-state index contributed by atoms with van der Waals surface area (Å²) >= 11 is 3.22. The van der Waals surface area contributed by atoms with E-state index in [9.17, 15) is 12.8 Å². The number of fused-ring (bicyclic) bond motifs is 1. The zero-order valence-electron chi connectivity index (χ0n) is 12.6. The number of hydrogen-bond donors (Lipinski definition) is 0. The van der Waals surface area contributed by atoms with Gasteiger partial charge in [0, 0.05) is 10.5 Å². The molecule has 25 heavy (non-hydrogen) atoms. The molecular weight excluding hydrogens is 417 g/mol. The van der Waals surface area contributed by atoms with Gasteiger partial charge >= 0.3 is 0 Å². The summed E-state index contributed by atoms with van der Waals surface area (Å²) in [6.07, 6.45) is -0.758. The van der Waals surface area contributed by atoms with Gasteiger partial charge in [0.25, 0.3) is 10.1 Å². The molecule has 0 saturated carbocycles. The summed E-state index contributed by atoms with van der Waals surface area (Å²) in [5.74, 6) is -0.778. The van der Waals surface area contributed by atoms with E-state index in [1.54, 1.807) is 12.1 Å². The molecule has 3 rings (SSSR count). The molecule has 0 aliphatic carbocycles. The zero-order chi connectivity index (χ0) is 18.0. The number of ether oxygens (including phenoxy) is 2. The molecule has 2 aromatic rings. The minimum absolute atomic E-state index is 0.00522. The normalized spacial score (nSPS) is 16.3. The minimum Gasteiger partial charge on any atom is -0.483 e. The summed E-state index contributed by atoms with van der Waals surface area (Å²) in [5, 5.41) is 8.86. The predicted octanol–water partition coefficient (Wildman–Crippen LogP) is 3.01. The molecule has 0 N–H and O–H groups in total. The summed E-state index contributed by atoms with van der Waals surface area (Å²) in [5.41, 5.74) is 0.0731.